The summed E-state index contributed by atoms with van der Waals surface area (Å²) in [5.41, 5.74) is 3.77. The summed E-state index contributed by atoms with van der Waals surface area (Å²) in [6, 6.07) is 1.88. The standard InChI is InChI=1S/C20H28N6O/c1-20(2,3)17-9-16(24-25-17)19(27)26-8-4-5-13(12-26)18-22-11-14-10-21-7-6-15(14)23-18/h9,11,13,21H,4-8,10,12H2,1-3H3,(H,24,25)/t13-/m0/s1. The quantitative estimate of drug-likeness (QED) is 0.848. The van der Waals surface area contributed by atoms with Gasteiger partial charge in [-0.2, -0.15) is 5.10 Å². The van der Waals surface area contributed by atoms with Crippen molar-refractivity contribution < 1.29 is 4.79 Å². The van der Waals surface area contributed by atoms with Crippen LogP contribution in [0.5, 0.6) is 0 Å². The molecule has 1 amide bonds. The molecule has 0 spiro atoms. The molecular weight excluding hydrogens is 340 g/mol. The van der Waals surface area contributed by atoms with Crippen LogP contribution >= 0.6 is 0 Å². The highest BCUT2D eigenvalue weighted by atomic mass is 16.2. The molecule has 0 unspecified atom stereocenters. The summed E-state index contributed by atoms with van der Waals surface area (Å²) in [5, 5.41) is 10.6. The number of H-pyrrole nitrogens is 1. The molecular formula is C20H28N6O. The Morgan fingerprint density at radius 1 is 1.33 bits per heavy atom. The monoisotopic (exact) mass is 368 g/mol. The topological polar surface area (TPSA) is 86.8 Å². The van der Waals surface area contributed by atoms with Gasteiger partial charge in [0.15, 0.2) is 0 Å². The lowest BCUT2D eigenvalue weighted by Crippen LogP contribution is -2.40. The van der Waals surface area contributed by atoms with E-state index < -0.39 is 0 Å². The van der Waals surface area contributed by atoms with Crippen LogP contribution in [0.1, 0.15) is 72.8 Å². The Labute approximate surface area is 160 Å². The van der Waals surface area contributed by atoms with Crippen LogP contribution < -0.4 is 5.32 Å². The van der Waals surface area contributed by atoms with Gasteiger partial charge >= 0.3 is 0 Å². The van der Waals surface area contributed by atoms with Crippen molar-refractivity contribution in [1.82, 2.24) is 30.4 Å². The van der Waals surface area contributed by atoms with Gasteiger partial charge in [-0.05, 0) is 18.9 Å². The SMILES string of the molecule is CC(C)(C)c1cc(C(=O)N2CCC[C@H](c3ncc4c(n3)CCNC4)C2)n[nH]1. The summed E-state index contributed by atoms with van der Waals surface area (Å²) in [7, 11) is 0. The summed E-state index contributed by atoms with van der Waals surface area (Å²) in [6.45, 7) is 9.56. The van der Waals surface area contributed by atoms with Crippen LogP contribution in [0.2, 0.25) is 0 Å². The minimum absolute atomic E-state index is 0.00592. The number of fused-ring (bicyclic) bond motifs is 1. The Kier molecular flexibility index (Phi) is 4.72. The summed E-state index contributed by atoms with van der Waals surface area (Å²) in [6.07, 6.45) is 4.89. The molecule has 2 N–H and O–H groups in total. The highest BCUT2D eigenvalue weighted by Crippen LogP contribution is 2.27. The predicted octanol–water partition coefficient (Wildman–Crippen LogP) is 2.16. The van der Waals surface area contributed by atoms with Gasteiger partial charge in [0.25, 0.3) is 5.91 Å². The second-order valence-corrected chi connectivity index (χ2v) is 8.63. The molecule has 2 aliphatic rings. The maximum absolute atomic E-state index is 12.9. The van der Waals surface area contributed by atoms with E-state index in [2.05, 4.69) is 41.3 Å². The first-order valence-electron chi connectivity index (χ1n) is 9.82. The molecule has 2 aliphatic heterocycles. The fourth-order valence-corrected chi connectivity index (χ4v) is 3.80. The van der Waals surface area contributed by atoms with Gasteiger partial charge in [0.05, 0.1) is 0 Å². The van der Waals surface area contributed by atoms with Crippen molar-refractivity contribution in [3.63, 3.8) is 0 Å². The lowest BCUT2D eigenvalue weighted by molar-refractivity contribution is 0.0698. The Hall–Kier alpha value is -2.28. The molecule has 1 saturated heterocycles. The first-order chi connectivity index (χ1) is 12.9. The number of hydrogen-bond donors (Lipinski definition) is 2. The van der Waals surface area contributed by atoms with Crippen LogP contribution in [0.25, 0.3) is 0 Å². The Morgan fingerprint density at radius 2 is 2.19 bits per heavy atom. The number of nitrogens with one attached hydrogen (secondary N) is 2. The molecule has 4 rings (SSSR count). The molecule has 7 heteroatoms. The molecule has 7 nitrogen and oxygen atoms in total. The summed E-state index contributed by atoms with van der Waals surface area (Å²) in [5.74, 6) is 1.07. The van der Waals surface area contributed by atoms with Gasteiger partial charge in [-0.25, -0.2) is 9.97 Å². The third-order valence-corrected chi connectivity index (χ3v) is 5.51. The highest BCUT2D eigenvalue weighted by molar-refractivity contribution is 5.92. The van der Waals surface area contributed by atoms with E-state index >= 15 is 0 Å². The number of hydrogen-bond acceptors (Lipinski definition) is 5. The number of amides is 1. The number of carbonyl (C=O) groups excluding carboxylic acids is 1. The van der Waals surface area contributed by atoms with Crippen molar-refractivity contribution in [1.29, 1.82) is 0 Å². The third-order valence-electron chi connectivity index (χ3n) is 5.51. The van der Waals surface area contributed by atoms with Gasteiger partial charge < -0.3 is 10.2 Å². The second kappa shape index (κ2) is 7.03. The van der Waals surface area contributed by atoms with Crippen molar-refractivity contribution in [3.05, 3.63) is 40.7 Å². The van der Waals surface area contributed by atoms with Crippen molar-refractivity contribution in [2.75, 3.05) is 19.6 Å². The smallest absolute Gasteiger partial charge is 0.274 e. The van der Waals surface area contributed by atoms with Crippen LogP contribution in [-0.2, 0) is 18.4 Å². The second-order valence-electron chi connectivity index (χ2n) is 8.63. The number of rotatable bonds is 2. The van der Waals surface area contributed by atoms with Gasteiger partial charge in [-0.3, -0.25) is 9.89 Å². The summed E-state index contributed by atoms with van der Waals surface area (Å²) < 4.78 is 0. The van der Waals surface area contributed by atoms with E-state index in [0.717, 1.165) is 56.1 Å². The Morgan fingerprint density at radius 3 is 2.96 bits per heavy atom. The number of nitrogens with zero attached hydrogens (tertiary/aromatic N) is 4. The van der Waals surface area contributed by atoms with Crippen molar-refractivity contribution in [3.8, 4) is 0 Å². The van der Waals surface area contributed by atoms with Crippen LogP contribution in [0, 0.1) is 0 Å². The molecule has 1 atom stereocenters. The molecule has 0 bridgehead atoms. The number of likely N-dealkylation sites (tertiary alicyclic amines) is 1. The van der Waals surface area contributed by atoms with Crippen LogP contribution in [0.4, 0.5) is 0 Å². The predicted molar refractivity (Wildman–Crippen MR) is 103 cm³/mol. The first kappa shape index (κ1) is 18.1. The van der Waals surface area contributed by atoms with Gasteiger partial charge in [0, 0.05) is 67.1 Å². The third kappa shape index (κ3) is 3.74. The van der Waals surface area contributed by atoms with Crippen LogP contribution in [0.3, 0.4) is 0 Å². The van der Waals surface area contributed by atoms with Crippen LogP contribution in [-0.4, -0.2) is 50.6 Å². The minimum Gasteiger partial charge on any atom is -0.337 e. The molecule has 1 fully saturated rings. The molecule has 27 heavy (non-hydrogen) atoms. The minimum atomic E-state index is -0.0538. The van der Waals surface area contributed by atoms with E-state index in [1.807, 2.05) is 17.2 Å². The maximum Gasteiger partial charge on any atom is 0.274 e. The zero-order valence-electron chi connectivity index (χ0n) is 16.4. The first-order valence-corrected chi connectivity index (χ1v) is 9.82. The molecule has 0 saturated carbocycles. The summed E-state index contributed by atoms with van der Waals surface area (Å²) in [4.78, 5) is 24.3. The van der Waals surface area contributed by atoms with Crippen molar-refractivity contribution >= 4 is 5.91 Å². The van der Waals surface area contributed by atoms with E-state index in [1.54, 1.807) is 0 Å². The van der Waals surface area contributed by atoms with E-state index in [1.165, 1.54) is 5.56 Å². The van der Waals surface area contributed by atoms with E-state index in [0.29, 0.717) is 12.2 Å². The van der Waals surface area contributed by atoms with Crippen molar-refractivity contribution in [2.45, 2.75) is 57.9 Å². The average molecular weight is 368 g/mol. The zero-order valence-corrected chi connectivity index (χ0v) is 16.4. The summed E-state index contributed by atoms with van der Waals surface area (Å²) >= 11 is 0. The van der Waals surface area contributed by atoms with E-state index in [-0.39, 0.29) is 17.2 Å². The van der Waals surface area contributed by atoms with Crippen molar-refractivity contribution in [2.24, 2.45) is 0 Å². The Balaban J connectivity index is 1.49. The molecule has 0 aliphatic carbocycles. The normalized spacial score (nSPS) is 20.4. The number of piperidine rings is 1. The number of aromatic nitrogens is 4. The lowest BCUT2D eigenvalue weighted by atomic mass is 9.92. The molecule has 144 valence electrons. The Bertz CT molecular complexity index is 837. The fourth-order valence-electron chi connectivity index (χ4n) is 3.80. The van der Waals surface area contributed by atoms with E-state index in [4.69, 9.17) is 4.98 Å². The van der Waals surface area contributed by atoms with Gasteiger partial charge in [0.2, 0.25) is 0 Å². The molecule has 2 aromatic rings. The molecule has 0 radical (unpaired) electrons. The largest absolute Gasteiger partial charge is 0.337 e. The zero-order chi connectivity index (χ0) is 19.0. The number of carbonyl (C=O) groups is 1. The van der Waals surface area contributed by atoms with E-state index in [9.17, 15) is 4.79 Å². The van der Waals surface area contributed by atoms with Gasteiger partial charge in [-0.1, -0.05) is 20.8 Å². The average Bonchev–Trinajstić information content (AvgIpc) is 3.18. The van der Waals surface area contributed by atoms with Crippen LogP contribution in [0.15, 0.2) is 12.3 Å². The fraction of sp³-hybridized carbons (Fsp3) is 0.600. The maximum atomic E-state index is 12.9. The lowest BCUT2D eigenvalue weighted by Gasteiger charge is -2.32. The number of aromatic amines is 1. The van der Waals surface area contributed by atoms with Gasteiger partial charge in [-0.15, -0.1) is 0 Å². The molecule has 4 heterocycles. The highest BCUT2D eigenvalue weighted by Gasteiger charge is 2.29. The van der Waals surface area contributed by atoms with Gasteiger partial charge in [0.1, 0.15) is 11.5 Å². The molecule has 0 aromatic carbocycles. The molecule has 2 aromatic heterocycles.